The second kappa shape index (κ2) is 7.02. The second-order valence-electron chi connectivity index (χ2n) is 5.05. The first-order chi connectivity index (χ1) is 11.3. The van der Waals surface area contributed by atoms with E-state index in [0.29, 0.717) is 5.75 Å². The van der Waals surface area contributed by atoms with Crippen LogP contribution in [0.5, 0.6) is 5.75 Å². The highest BCUT2D eigenvalue weighted by Crippen LogP contribution is 2.23. The third-order valence-corrected chi connectivity index (χ3v) is 4.25. The summed E-state index contributed by atoms with van der Waals surface area (Å²) in [4.78, 5) is 12.2. The third-order valence-electron chi connectivity index (χ3n) is 3.39. The van der Waals surface area contributed by atoms with Crippen LogP contribution in [-0.4, -0.2) is 37.9 Å². The zero-order valence-corrected chi connectivity index (χ0v) is 14.5. The molecule has 0 bridgehead atoms. The van der Waals surface area contributed by atoms with E-state index < -0.39 is 16.0 Å². The van der Waals surface area contributed by atoms with Crippen molar-refractivity contribution in [3.05, 3.63) is 41.1 Å². The SMILES string of the molecule is CCOC(=O)c1c(Cc2ccc(OC)cc2)c(S(N)(=O)=O)nn1C. The van der Waals surface area contributed by atoms with Crippen LogP contribution < -0.4 is 9.88 Å². The molecule has 0 aliphatic rings. The number of aromatic nitrogens is 2. The summed E-state index contributed by atoms with van der Waals surface area (Å²) in [5.74, 6) is 0.0214. The van der Waals surface area contributed by atoms with Gasteiger partial charge in [-0.2, -0.15) is 5.10 Å². The predicted octanol–water partition coefficient (Wildman–Crippen LogP) is 0.844. The van der Waals surface area contributed by atoms with Gasteiger partial charge in [0.15, 0.2) is 10.7 Å². The van der Waals surface area contributed by atoms with E-state index in [1.807, 2.05) is 0 Å². The van der Waals surface area contributed by atoms with Gasteiger partial charge in [0, 0.05) is 19.0 Å². The van der Waals surface area contributed by atoms with Gasteiger partial charge in [-0.15, -0.1) is 0 Å². The molecule has 0 fully saturated rings. The Morgan fingerprint density at radius 1 is 1.29 bits per heavy atom. The summed E-state index contributed by atoms with van der Waals surface area (Å²) in [6.45, 7) is 1.83. The molecule has 2 rings (SSSR count). The first kappa shape index (κ1) is 18.0. The number of carbonyl (C=O) groups is 1. The normalized spacial score (nSPS) is 11.3. The number of primary sulfonamides is 1. The lowest BCUT2D eigenvalue weighted by molar-refractivity contribution is 0.0512. The summed E-state index contributed by atoms with van der Waals surface area (Å²) < 4.78 is 34.9. The van der Waals surface area contributed by atoms with Gasteiger partial charge >= 0.3 is 5.97 Å². The highest BCUT2D eigenvalue weighted by Gasteiger charge is 2.28. The van der Waals surface area contributed by atoms with E-state index in [1.54, 1.807) is 38.3 Å². The molecule has 2 N–H and O–H groups in total. The average molecular weight is 353 g/mol. The van der Waals surface area contributed by atoms with Crippen molar-refractivity contribution in [1.29, 1.82) is 0 Å². The molecular weight excluding hydrogens is 334 g/mol. The summed E-state index contributed by atoms with van der Waals surface area (Å²) >= 11 is 0. The van der Waals surface area contributed by atoms with Gasteiger partial charge in [0.05, 0.1) is 13.7 Å². The number of methoxy groups -OCH3 is 1. The molecule has 130 valence electrons. The standard InChI is InChI=1S/C15H19N3O5S/c1-4-23-15(19)13-12(14(17-18(13)2)24(16,20)21)9-10-5-7-11(22-3)8-6-10/h5-8H,4,9H2,1-3H3,(H2,16,20,21). The third kappa shape index (κ3) is 3.74. The first-order valence-corrected chi connectivity index (χ1v) is 8.71. The van der Waals surface area contributed by atoms with Crippen molar-refractivity contribution in [3.8, 4) is 5.75 Å². The highest BCUT2D eigenvalue weighted by atomic mass is 32.2. The van der Waals surface area contributed by atoms with E-state index in [0.717, 1.165) is 5.56 Å². The van der Waals surface area contributed by atoms with E-state index in [2.05, 4.69) is 5.10 Å². The van der Waals surface area contributed by atoms with Gasteiger partial charge in [-0.25, -0.2) is 18.4 Å². The van der Waals surface area contributed by atoms with Gasteiger partial charge in [-0.05, 0) is 24.6 Å². The summed E-state index contributed by atoms with van der Waals surface area (Å²) in [7, 11) is -1.06. The molecule has 8 nitrogen and oxygen atoms in total. The minimum atomic E-state index is -4.08. The Kier molecular flexibility index (Phi) is 5.25. The monoisotopic (exact) mass is 353 g/mol. The number of hydrogen-bond donors (Lipinski definition) is 1. The fourth-order valence-corrected chi connectivity index (χ4v) is 3.08. The smallest absolute Gasteiger partial charge is 0.356 e. The molecule has 0 aliphatic carbocycles. The maximum absolute atomic E-state index is 12.2. The number of esters is 1. The molecule has 0 saturated heterocycles. The van der Waals surface area contributed by atoms with E-state index in [1.165, 1.54) is 11.7 Å². The van der Waals surface area contributed by atoms with Crippen molar-refractivity contribution in [2.75, 3.05) is 13.7 Å². The molecule has 1 aromatic heterocycles. The van der Waals surface area contributed by atoms with Crippen LogP contribution in [0.15, 0.2) is 29.3 Å². The average Bonchev–Trinajstić information content (AvgIpc) is 2.85. The first-order valence-electron chi connectivity index (χ1n) is 7.16. The van der Waals surface area contributed by atoms with Crippen molar-refractivity contribution >= 4 is 16.0 Å². The van der Waals surface area contributed by atoms with Crippen LogP contribution in [0.25, 0.3) is 0 Å². The molecule has 24 heavy (non-hydrogen) atoms. The zero-order chi connectivity index (χ0) is 17.9. The number of sulfonamides is 1. The Labute approximate surface area is 140 Å². The number of ether oxygens (including phenoxy) is 2. The fourth-order valence-electron chi connectivity index (χ4n) is 2.33. The van der Waals surface area contributed by atoms with Gasteiger partial charge in [0.1, 0.15) is 5.75 Å². The lowest BCUT2D eigenvalue weighted by Crippen LogP contribution is -2.16. The van der Waals surface area contributed by atoms with Crippen molar-refractivity contribution in [2.45, 2.75) is 18.4 Å². The molecular formula is C15H19N3O5S. The van der Waals surface area contributed by atoms with E-state index >= 15 is 0 Å². The number of nitrogens with zero attached hydrogens (tertiary/aromatic N) is 2. The van der Waals surface area contributed by atoms with Crippen LogP contribution in [0.4, 0.5) is 0 Å². The largest absolute Gasteiger partial charge is 0.497 e. The van der Waals surface area contributed by atoms with Crippen LogP contribution in [0.3, 0.4) is 0 Å². The number of aryl methyl sites for hydroxylation is 1. The van der Waals surface area contributed by atoms with Gasteiger partial charge in [0.25, 0.3) is 10.0 Å². The van der Waals surface area contributed by atoms with Gasteiger partial charge in [0.2, 0.25) is 0 Å². The van der Waals surface area contributed by atoms with Crippen LogP contribution in [0, 0.1) is 0 Å². The topological polar surface area (TPSA) is 114 Å². The molecule has 0 spiro atoms. The Morgan fingerprint density at radius 2 is 1.92 bits per heavy atom. The summed E-state index contributed by atoms with van der Waals surface area (Å²) in [6, 6.07) is 7.03. The number of carbonyl (C=O) groups excluding carboxylic acids is 1. The molecule has 0 unspecified atom stereocenters. The number of benzene rings is 1. The van der Waals surface area contributed by atoms with Crippen molar-refractivity contribution in [3.63, 3.8) is 0 Å². The Hall–Kier alpha value is -2.39. The maximum Gasteiger partial charge on any atom is 0.356 e. The molecule has 1 heterocycles. The fraction of sp³-hybridized carbons (Fsp3) is 0.333. The quantitative estimate of drug-likeness (QED) is 0.770. The Morgan fingerprint density at radius 3 is 2.42 bits per heavy atom. The minimum Gasteiger partial charge on any atom is -0.497 e. The molecule has 0 aliphatic heterocycles. The Bertz CT molecular complexity index is 841. The number of nitrogens with two attached hydrogens (primary N) is 1. The van der Waals surface area contributed by atoms with Crippen LogP contribution in [-0.2, 0) is 28.2 Å². The Balaban J connectivity index is 2.53. The summed E-state index contributed by atoms with van der Waals surface area (Å²) in [5, 5.41) is 8.80. The van der Waals surface area contributed by atoms with E-state index in [-0.39, 0.29) is 29.3 Å². The summed E-state index contributed by atoms with van der Waals surface area (Å²) in [5.41, 5.74) is 1.06. The maximum atomic E-state index is 12.2. The lowest BCUT2D eigenvalue weighted by Gasteiger charge is -2.07. The van der Waals surface area contributed by atoms with Crippen LogP contribution >= 0.6 is 0 Å². The van der Waals surface area contributed by atoms with Crippen LogP contribution in [0.2, 0.25) is 0 Å². The minimum absolute atomic E-state index is 0.0664. The molecule has 0 amide bonds. The van der Waals surface area contributed by atoms with Gasteiger partial charge in [-0.1, -0.05) is 12.1 Å². The number of rotatable bonds is 6. The van der Waals surface area contributed by atoms with Gasteiger partial charge < -0.3 is 9.47 Å². The van der Waals surface area contributed by atoms with Crippen LogP contribution in [0.1, 0.15) is 28.5 Å². The highest BCUT2D eigenvalue weighted by molar-refractivity contribution is 7.89. The molecule has 1 aromatic carbocycles. The van der Waals surface area contributed by atoms with Crippen molar-refractivity contribution in [1.82, 2.24) is 9.78 Å². The lowest BCUT2D eigenvalue weighted by atomic mass is 10.1. The molecule has 2 aromatic rings. The molecule has 0 atom stereocenters. The van der Waals surface area contributed by atoms with E-state index in [4.69, 9.17) is 14.6 Å². The second-order valence-corrected chi connectivity index (χ2v) is 6.52. The van der Waals surface area contributed by atoms with Crippen molar-refractivity contribution < 1.29 is 22.7 Å². The van der Waals surface area contributed by atoms with Crippen molar-refractivity contribution in [2.24, 2.45) is 12.2 Å². The van der Waals surface area contributed by atoms with Gasteiger partial charge in [-0.3, -0.25) is 4.68 Å². The zero-order valence-electron chi connectivity index (χ0n) is 13.6. The van der Waals surface area contributed by atoms with E-state index in [9.17, 15) is 13.2 Å². The summed E-state index contributed by atoms with van der Waals surface area (Å²) in [6.07, 6.45) is 0.164. The molecule has 0 saturated carbocycles. The molecule has 9 heteroatoms. The number of hydrogen-bond acceptors (Lipinski definition) is 6. The predicted molar refractivity (Wildman–Crippen MR) is 86.3 cm³/mol. The molecule has 0 radical (unpaired) electrons.